The number of ether oxygens (including phenoxy) is 3. The highest BCUT2D eigenvalue weighted by Crippen LogP contribution is 2.14. The largest absolute Gasteiger partial charge is 0.490 e. The van der Waals surface area contributed by atoms with Crippen molar-refractivity contribution >= 4 is 5.97 Å². The molecule has 2 aromatic rings. The maximum atomic E-state index is 12.1. The fourth-order valence-corrected chi connectivity index (χ4v) is 2.83. The van der Waals surface area contributed by atoms with Crippen molar-refractivity contribution in [3.8, 4) is 11.5 Å². The Hall–Kier alpha value is -2.49. The Morgan fingerprint density at radius 3 is 1.89 bits per heavy atom. The number of para-hydroxylation sites is 1. The molecule has 0 aromatic heterocycles. The van der Waals surface area contributed by atoms with Crippen LogP contribution in [0.4, 0.5) is 0 Å². The molecule has 0 aliphatic carbocycles. The van der Waals surface area contributed by atoms with Crippen molar-refractivity contribution in [3.63, 3.8) is 0 Å². The Bertz CT molecular complexity index is 652. The second kappa shape index (κ2) is 13.6. The average molecular weight is 385 g/mol. The van der Waals surface area contributed by atoms with Crippen LogP contribution >= 0.6 is 0 Å². The molecular weight excluding hydrogens is 352 g/mol. The van der Waals surface area contributed by atoms with E-state index in [0.29, 0.717) is 31.1 Å². The van der Waals surface area contributed by atoms with E-state index in [2.05, 4.69) is 6.92 Å². The van der Waals surface area contributed by atoms with Crippen LogP contribution < -0.4 is 9.47 Å². The third kappa shape index (κ3) is 8.94. The van der Waals surface area contributed by atoms with Crippen molar-refractivity contribution in [2.24, 2.45) is 0 Å². The van der Waals surface area contributed by atoms with Gasteiger partial charge in [0.05, 0.1) is 12.2 Å². The average Bonchev–Trinajstić information content (AvgIpc) is 2.74. The standard InChI is InChI=1S/C24H32O4/c1-2-3-4-5-6-7-11-18-28-24(25)21-14-16-23(17-15-21)27-20-19-26-22-12-9-8-10-13-22/h8-10,12-17H,2-7,11,18-20H2,1H3. The molecular formula is C24H32O4. The van der Waals surface area contributed by atoms with Crippen LogP contribution in [0.1, 0.15) is 62.2 Å². The Morgan fingerprint density at radius 2 is 1.25 bits per heavy atom. The molecule has 0 atom stereocenters. The summed E-state index contributed by atoms with van der Waals surface area (Å²) in [5.74, 6) is 1.26. The minimum Gasteiger partial charge on any atom is -0.490 e. The van der Waals surface area contributed by atoms with Gasteiger partial charge in [0.1, 0.15) is 24.7 Å². The van der Waals surface area contributed by atoms with Gasteiger partial charge >= 0.3 is 5.97 Å². The van der Waals surface area contributed by atoms with Gasteiger partial charge in [0.25, 0.3) is 0 Å². The van der Waals surface area contributed by atoms with Crippen LogP contribution in [0.3, 0.4) is 0 Å². The predicted octanol–water partition coefficient (Wildman–Crippen LogP) is 6.05. The maximum absolute atomic E-state index is 12.1. The lowest BCUT2D eigenvalue weighted by molar-refractivity contribution is 0.0497. The molecule has 0 saturated heterocycles. The number of rotatable bonds is 14. The van der Waals surface area contributed by atoms with Crippen molar-refractivity contribution in [3.05, 3.63) is 60.2 Å². The van der Waals surface area contributed by atoms with Gasteiger partial charge in [-0.2, -0.15) is 0 Å². The van der Waals surface area contributed by atoms with Crippen molar-refractivity contribution in [1.29, 1.82) is 0 Å². The minimum atomic E-state index is -0.273. The summed E-state index contributed by atoms with van der Waals surface area (Å²) in [5, 5.41) is 0. The first kappa shape index (κ1) is 21.8. The van der Waals surface area contributed by atoms with Gasteiger partial charge in [-0.1, -0.05) is 63.6 Å². The van der Waals surface area contributed by atoms with E-state index in [9.17, 15) is 4.79 Å². The zero-order valence-corrected chi connectivity index (χ0v) is 16.9. The Morgan fingerprint density at radius 1 is 0.679 bits per heavy atom. The summed E-state index contributed by atoms with van der Waals surface area (Å²) < 4.78 is 16.6. The molecule has 0 unspecified atom stereocenters. The lowest BCUT2D eigenvalue weighted by atomic mass is 10.1. The molecule has 0 aliphatic rings. The quantitative estimate of drug-likeness (QED) is 0.294. The van der Waals surface area contributed by atoms with Gasteiger partial charge in [0.15, 0.2) is 0 Å². The van der Waals surface area contributed by atoms with Gasteiger partial charge in [0, 0.05) is 0 Å². The van der Waals surface area contributed by atoms with E-state index in [1.165, 1.54) is 32.1 Å². The third-order valence-electron chi connectivity index (χ3n) is 4.44. The smallest absolute Gasteiger partial charge is 0.338 e. The monoisotopic (exact) mass is 384 g/mol. The molecule has 0 N–H and O–H groups in total. The molecule has 0 bridgehead atoms. The molecule has 0 fully saturated rings. The van der Waals surface area contributed by atoms with Crippen LogP contribution in [0, 0.1) is 0 Å². The Labute approximate surface area is 168 Å². The molecule has 0 amide bonds. The summed E-state index contributed by atoms with van der Waals surface area (Å²) >= 11 is 0. The molecule has 0 saturated carbocycles. The molecule has 0 aliphatic heterocycles. The molecule has 28 heavy (non-hydrogen) atoms. The summed E-state index contributed by atoms with van der Waals surface area (Å²) in [4.78, 5) is 12.1. The first-order chi connectivity index (χ1) is 13.8. The Balaban J connectivity index is 1.57. The van der Waals surface area contributed by atoms with Crippen molar-refractivity contribution in [2.45, 2.75) is 51.9 Å². The zero-order chi connectivity index (χ0) is 19.9. The molecule has 0 heterocycles. The van der Waals surface area contributed by atoms with E-state index >= 15 is 0 Å². The number of unbranched alkanes of at least 4 members (excludes halogenated alkanes) is 6. The summed E-state index contributed by atoms with van der Waals surface area (Å²) in [5.41, 5.74) is 0.552. The summed E-state index contributed by atoms with van der Waals surface area (Å²) in [6.07, 6.45) is 8.44. The van der Waals surface area contributed by atoms with Gasteiger partial charge < -0.3 is 14.2 Å². The zero-order valence-electron chi connectivity index (χ0n) is 16.9. The maximum Gasteiger partial charge on any atom is 0.338 e. The number of hydrogen-bond acceptors (Lipinski definition) is 4. The Kier molecular flexibility index (Phi) is 10.6. The van der Waals surface area contributed by atoms with Crippen LogP contribution in [-0.2, 0) is 4.74 Å². The van der Waals surface area contributed by atoms with Crippen LogP contribution in [0.5, 0.6) is 11.5 Å². The molecule has 152 valence electrons. The highest BCUT2D eigenvalue weighted by molar-refractivity contribution is 5.89. The first-order valence-corrected chi connectivity index (χ1v) is 10.4. The summed E-state index contributed by atoms with van der Waals surface area (Å²) in [6, 6.07) is 16.7. The van der Waals surface area contributed by atoms with Crippen molar-refractivity contribution in [1.82, 2.24) is 0 Å². The molecule has 4 nitrogen and oxygen atoms in total. The summed E-state index contributed by atoms with van der Waals surface area (Å²) in [7, 11) is 0. The predicted molar refractivity (Wildman–Crippen MR) is 112 cm³/mol. The second-order valence-corrected chi connectivity index (χ2v) is 6.79. The summed E-state index contributed by atoms with van der Waals surface area (Å²) in [6.45, 7) is 3.61. The molecule has 2 aromatic carbocycles. The van der Waals surface area contributed by atoms with Gasteiger partial charge in [-0.15, -0.1) is 0 Å². The molecule has 0 spiro atoms. The molecule has 0 radical (unpaired) electrons. The lowest BCUT2D eigenvalue weighted by Crippen LogP contribution is -2.09. The van der Waals surface area contributed by atoms with Gasteiger partial charge in [-0.25, -0.2) is 4.79 Å². The normalized spacial score (nSPS) is 10.5. The SMILES string of the molecule is CCCCCCCCCOC(=O)c1ccc(OCCOc2ccccc2)cc1. The van der Waals surface area contributed by atoms with E-state index in [4.69, 9.17) is 14.2 Å². The fraction of sp³-hybridized carbons (Fsp3) is 0.458. The number of hydrogen-bond donors (Lipinski definition) is 0. The number of esters is 1. The van der Waals surface area contributed by atoms with Crippen LogP contribution in [0.2, 0.25) is 0 Å². The topological polar surface area (TPSA) is 44.8 Å². The highest BCUT2D eigenvalue weighted by Gasteiger charge is 2.07. The van der Waals surface area contributed by atoms with Gasteiger partial charge in [-0.05, 0) is 42.8 Å². The molecule has 2 rings (SSSR count). The molecule has 4 heteroatoms. The number of benzene rings is 2. The number of carbonyl (C=O) groups excluding carboxylic acids is 1. The van der Waals surface area contributed by atoms with Crippen molar-refractivity contribution in [2.75, 3.05) is 19.8 Å². The number of carbonyl (C=O) groups is 1. The van der Waals surface area contributed by atoms with Gasteiger partial charge in [-0.3, -0.25) is 0 Å². The fourth-order valence-electron chi connectivity index (χ4n) is 2.83. The lowest BCUT2D eigenvalue weighted by Gasteiger charge is -2.09. The van der Waals surface area contributed by atoms with E-state index in [1.54, 1.807) is 24.3 Å². The highest BCUT2D eigenvalue weighted by atomic mass is 16.5. The van der Waals surface area contributed by atoms with E-state index in [1.807, 2.05) is 30.3 Å². The third-order valence-corrected chi connectivity index (χ3v) is 4.44. The van der Waals surface area contributed by atoms with Gasteiger partial charge in [0.2, 0.25) is 0 Å². The minimum absolute atomic E-state index is 0.273. The first-order valence-electron chi connectivity index (χ1n) is 10.4. The van der Waals surface area contributed by atoms with Crippen LogP contribution in [-0.4, -0.2) is 25.8 Å². The van der Waals surface area contributed by atoms with E-state index in [0.717, 1.165) is 18.6 Å². The van der Waals surface area contributed by atoms with Crippen LogP contribution in [0.15, 0.2) is 54.6 Å². The second-order valence-electron chi connectivity index (χ2n) is 6.79. The van der Waals surface area contributed by atoms with Crippen LogP contribution in [0.25, 0.3) is 0 Å². The van der Waals surface area contributed by atoms with E-state index < -0.39 is 0 Å². The van der Waals surface area contributed by atoms with Crippen molar-refractivity contribution < 1.29 is 19.0 Å². The van der Waals surface area contributed by atoms with E-state index in [-0.39, 0.29) is 5.97 Å².